The van der Waals surface area contributed by atoms with Crippen LogP contribution in [0.5, 0.6) is 11.5 Å². The molecule has 3 aromatic carbocycles. The maximum atomic E-state index is 6.91. The predicted molar refractivity (Wildman–Crippen MR) is 231 cm³/mol. The molecule has 0 radical (unpaired) electrons. The minimum Gasteiger partial charge on any atom is -0.489 e. The second-order valence-corrected chi connectivity index (χ2v) is 17.8. The summed E-state index contributed by atoms with van der Waals surface area (Å²) >= 11 is 1.83. The Kier molecular flexibility index (Phi) is 7.06. The zero-order valence-electron chi connectivity index (χ0n) is 31.7. The topological polar surface area (TPSA) is 81.0 Å². The highest BCUT2D eigenvalue weighted by Crippen LogP contribution is 2.59. The first kappa shape index (κ1) is 32.9. The number of ether oxygens (including phenoxy) is 2. The molecular formula is C50H39N5O2S. The molecule has 282 valence electrons. The fourth-order valence-electron chi connectivity index (χ4n) is 10.3. The Morgan fingerprint density at radius 3 is 2.71 bits per heavy atom. The molecule has 2 aromatic heterocycles. The molecule has 0 bridgehead atoms. The van der Waals surface area contributed by atoms with Gasteiger partial charge in [0.25, 0.3) is 0 Å². The Hall–Kier alpha value is -6.12. The van der Waals surface area contributed by atoms with Crippen LogP contribution in [0.2, 0.25) is 0 Å². The Labute approximate surface area is 340 Å². The van der Waals surface area contributed by atoms with Gasteiger partial charge in [-0.1, -0.05) is 97.2 Å². The van der Waals surface area contributed by atoms with E-state index in [2.05, 4.69) is 139 Å². The number of rotatable bonds is 5. The molecule has 0 saturated heterocycles. The highest BCUT2D eigenvalue weighted by molar-refractivity contribution is 7.25. The van der Waals surface area contributed by atoms with Crippen molar-refractivity contribution in [2.75, 3.05) is 0 Å². The molecule has 3 aliphatic heterocycles. The standard InChI is InChI=1S/C50H39N5O2S/c1-2-11-28(12-3-1)46-53-47(30-21-23-41-36(25-30)32-14-5-7-19-40(32)58-41)55-48(54-46)35-16-10-18-38-42(35)33-22-20-29(26-39(33)56-38)43-45-44(34-15-4-6-17-37(34)57-45)52-49(51-43)50-24-9-8-13-31(50)27-50/h2,4-14,16-25,29,31,33-34,39,46H,1,3,15,26-27H2,(H,53,54,55). The summed E-state index contributed by atoms with van der Waals surface area (Å²) in [6.07, 6.45) is 31.1. The molecule has 8 aliphatic rings. The van der Waals surface area contributed by atoms with Gasteiger partial charge in [0.2, 0.25) is 0 Å². The SMILES string of the molecule is C1=CCC2C(=C1)Oc1c(C3C=CC4c5c(cccc5C5=NC(C6=CCCC=C6)N=C(c6ccc7sc8ccccc8c7c6)N5)OC4C3)nc(C34C=CC=CC3C4)nc12. The summed E-state index contributed by atoms with van der Waals surface area (Å²) in [6.45, 7) is 0. The first-order chi connectivity index (χ1) is 28.7. The molecule has 7 atom stereocenters. The number of hydrogen-bond acceptors (Lipinski definition) is 8. The van der Waals surface area contributed by atoms with E-state index in [0.717, 1.165) is 94.9 Å². The summed E-state index contributed by atoms with van der Waals surface area (Å²) in [6, 6.07) is 21.8. The van der Waals surface area contributed by atoms with Gasteiger partial charge >= 0.3 is 0 Å². The van der Waals surface area contributed by atoms with Crippen LogP contribution in [0, 0.1) is 5.92 Å². The van der Waals surface area contributed by atoms with E-state index in [1.807, 2.05) is 11.3 Å². The van der Waals surface area contributed by atoms with Gasteiger partial charge < -0.3 is 14.8 Å². The van der Waals surface area contributed by atoms with E-state index in [0.29, 0.717) is 5.92 Å². The third kappa shape index (κ3) is 4.97. The van der Waals surface area contributed by atoms with Crippen molar-refractivity contribution in [3.63, 3.8) is 0 Å². The van der Waals surface area contributed by atoms with Crippen molar-refractivity contribution < 1.29 is 9.47 Å². The van der Waals surface area contributed by atoms with E-state index in [1.165, 1.54) is 25.7 Å². The Balaban J connectivity index is 0.870. The molecule has 1 saturated carbocycles. The lowest BCUT2D eigenvalue weighted by Crippen LogP contribution is -2.38. The van der Waals surface area contributed by atoms with Crippen molar-refractivity contribution >= 4 is 43.2 Å². The van der Waals surface area contributed by atoms with Crippen LogP contribution >= 0.6 is 11.3 Å². The summed E-state index contributed by atoms with van der Waals surface area (Å²) in [7, 11) is 0. The highest BCUT2D eigenvalue weighted by Gasteiger charge is 2.56. The minimum atomic E-state index is -0.346. The van der Waals surface area contributed by atoms with Crippen LogP contribution in [0.1, 0.15) is 83.8 Å². The van der Waals surface area contributed by atoms with Crippen molar-refractivity contribution in [2.45, 2.75) is 67.5 Å². The van der Waals surface area contributed by atoms with Gasteiger partial charge in [0.15, 0.2) is 11.9 Å². The number of fused-ring (bicyclic) bond motifs is 10. The number of allylic oxidation sites excluding steroid dienone is 11. The van der Waals surface area contributed by atoms with Gasteiger partial charge in [-0.05, 0) is 80.0 Å². The summed E-state index contributed by atoms with van der Waals surface area (Å²) in [5.74, 6) is 6.01. The zero-order chi connectivity index (χ0) is 38.0. The molecule has 0 amide bonds. The van der Waals surface area contributed by atoms with Gasteiger partial charge in [-0.2, -0.15) is 0 Å². The first-order valence-electron chi connectivity index (χ1n) is 20.7. The largest absolute Gasteiger partial charge is 0.489 e. The van der Waals surface area contributed by atoms with Gasteiger partial charge in [0.05, 0.1) is 22.7 Å². The lowest BCUT2D eigenvalue weighted by Gasteiger charge is -2.28. The van der Waals surface area contributed by atoms with Crippen molar-refractivity contribution in [3.05, 3.63) is 179 Å². The number of nitrogens with one attached hydrogen (secondary N) is 1. The van der Waals surface area contributed by atoms with E-state index in [4.69, 9.17) is 29.4 Å². The zero-order valence-corrected chi connectivity index (χ0v) is 32.5. The van der Waals surface area contributed by atoms with E-state index in [9.17, 15) is 0 Å². The number of aliphatic imine (C=N–C) groups is 2. The maximum absolute atomic E-state index is 6.91. The molecule has 58 heavy (non-hydrogen) atoms. The smallest absolute Gasteiger partial charge is 0.171 e. The number of aromatic nitrogens is 2. The first-order valence-corrected chi connectivity index (χ1v) is 21.5. The van der Waals surface area contributed by atoms with Crippen LogP contribution < -0.4 is 14.8 Å². The quantitative estimate of drug-likeness (QED) is 0.180. The van der Waals surface area contributed by atoms with Gasteiger partial charge in [-0.15, -0.1) is 11.3 Å². The Bertz CT molecular complexity index is 2920. The van der Waals surface area contributed by atoms with E-state index < -0.39 is 0 Å². The lowest BCUT2D eigenvalue weighted by atomic mass is 9.80. The van der Waals surface area contributed by atoms with Crippen LogP contribution in [-0.4, -0.2) is 33.9 Å². The van der Waals surface area contributed by atoms with Crippen LogP contribution in [-0.2, 0) is 5.41 Å². The highest BCUT2D eigenvalue weighted by atomic mass is 32.1. The van der Waals surface area contributed by atoms with Crippen molar-refractivity contribution in [1.82, 2.24) is 15.3 Å². The number of benzene rings is 3. The van der Waals surface area contributed by atoms with Gasteiger partial charge in [-0.3, -0.25) is 0 Å². The van der Waals surface area contributed by atoms with Crippen molar-refractivity contribution in [2.24, 2.45) is 15.9 Å². The molecule has 7 unspecified atom stereocenters. The van der Waals surface area contributed by atoms with Gasteiger partial charge in [0, 0.05) is 48.7 Å². The number of amidine groups is 2. The van der Waals surface area contributed by atoms with Crippen molar-refractivity contribution in [1.29, 1.82) is 0 Å². The molecule has 0 spiro atoms. The average molecular weight is 774 g/mol. The third-order valence-electron chi connectivity index (χ3n) is 13.3. The van der Waals surface area contributed by atoms with Crippen molar-refractivity contribution in [3.8, 4) is 11.5 Å². The predicted octanol–water partition coefficient (Wildman–Crippen LogP) is 10.5. The molecular weight excluding hydrogens is 735 g/mol. The van der Waals surface area contributed by atoms with Crippen LogP contribution in [0.25, 0.3) is 20.2 Å². The number of nitrogens with zero attached hydrogens (tertiary/aromatic N) is 4. The summed E-state index contributed by atoms with van der Waals surface area (Å²) in [5, 5.41) is 6.26. The van der Waals surface area contributed by atoms with E-state index in [1.54, 1.807) is 0 Å². The average Bonchev–Trinajstić information content (AvgIpc) is 3.52. The van der Waals surface area contributed by atoms with E-state index in [-0.39, 0.29) is 35.4 Å². The third-order valence-corrected chi connectivity index (χ3v) is 14.5. The molecule has 5 aromatic rings. The molecule has 1 N–H and O–H groups in total. The fourth-order valence-corrected chi connectivity index (χ4v) is 11.3. The summed E-state index contributed by atoms with van der Waals surface area (Å²) in [4.78, 5) is 21.3. The molecule has 5 aliphatic carbocycles. The Morgan fingerprint density at radius 2 is 1.76 bits per heavy atom. The monoisotopic (exact) mass is 773 g/mol. The second kappa shape index (κ2) is 12.4. The Morgan fingerprint density at radius 1 is 0.828 bits per heavy atom. The summed E-state index contributed by atoms with van der Waals surface area (Å²) < 4.78 is 16.1. The number of hydrogen-bond donors (Lipinski definition) is 1. The molecule has 5 heterocycles. The fraction of sp³-hybridized carbons (Fsp3) is 0.240. The lowest BCUT2D eigenvalue weighted by molar-refractivity contribution is 0.196. The molecule has 8 heteroatoms. The molecule has 13 rings (SSSR count). The molecule has 7 nitrogen and oxygen atoms in total. The molecule has 1 fully saturated rings. The second-order valence-electron chi connectivity index (χ2n) is 16.7. The normalized spacial score (nSPS) is 29.2. The van der Waals surface area contributed by atoms with Crippen LogP contribution in [0.15, 0.2) is 155 Å². The minimum absolute atomic E-state index is 0.0290. The maximum Gasteiger partial charge on any atom is 0.171 e. The van der Waals surface area contributed by atoms with Gasteiger partial charge in [0.1, 0.15) is 35.1 Å². The van der Waals surface area contributed by atoms with Gasteiger partial charge in [-0.25, -0.2) is 20.0 Å². The summed E-state index contributed by atoms with van der Waals surface area (Å²) in [5.41, 5.74) is 6.32. The van der Waals surface area contributed by atoms with Crippen LogP contribution in [0.4, 0.5) is 0 Å². The van der Waals surface area contributed by atoms with E-state index >= 15 is 0 Å². The number of thiophene rings is 1. The van der Waals surface area contributed by atoms with Crippen LogP contribution in [0.3, 0.4) is 0 Å².